The molecule has 0 aliphatic rings. The highest BCUT2D eigenvalue weighted by Gasteiger charge is 2.17. The molecule has 0 saturated carbocycles. The third kappa shape index (κ3) is 2.89. The molecule has 1 nitrogen and oxygen atoms in total. The first-order valence-electron chi connectivity index (χ1n) is 3.88. The Bertz CT molecular complexity index is 70.2. The lowest BCUT2D eigenvalue weighted by molar-refractivity contribution is 0.164. The Hall–Kier alpha value is 0.250. The van der Waals surface area contributed by atoms with E-state index in [-0.39, 0.29) is 5.50 Å². The molecule has 0 heterocycles. The van der Waals surface area contributed by atoms with Gasteiger partial charge in [-0.15, -0.1) is 11.6 Å². The third-order valence-electron chi connectivity index (χ3n) is 1.60. The van der Waals surface area contributed by atoms with E-state index >= 15 is 0 Å². The Morgan fingerprint density at radius 3 is 1.20 bits per heavy atom. The summed E-state index contributed by atoms with van der Waals surface area (Å²) in [6, 6.07) is 1.07. The fraction of sp³-hybridized carbons (Fsp3) is 1.00. The van der Waals surface area contributed by atoms with E-state index < -0.39 is 0 Å². The molecule has 1 atom stereocenters. The number of nitrogens with zero attached hydrogens (tertiary/aromatic N) is 1. The molecule has 0 N–H and O–H groups in total. The zero-order valence-corrected chi connectivity index (χ0v) is 8.31. The van der Waals surface area contributed by atoms with Crippen molar-refractivity contribution in [2.75, 3.05) is 0 Å². The molecule has 62 valence electrons. The van der Waals surface area contributed by atoms with Crippen LogP contribution in [-0.2, 0) is 0 Å². The Kier molecular flexibility index (Phi) is 4.30. The highest BCUT2D eigenvalue weighted by Crippen LogP contribution is 2.12. The lowest BCUT2D eigenvalue weighted by Gasteiger charge is -2.32. The number of halogens is 1. The topological polar surface area (TPSA) is 3.24 Å². The first kappa shape index (κ1) is 10.2. The van der Waals surface area contributed by atoms with Gasteiger partial charge in [-0.3, -0.25) is 4.90 Å². The lowest BCUT2D eigenvalue weighted by atomic mass is 10.2. The second-order valence-corrected chi connectivity index (χ2v) is 3.84. The number of rotatable bonds is 3. The zero-order chi connectivity index (χ0) is 8.31. The average Bonchev–Trinajstić information content (AvgIpc) is 1.59. The minimum atomic E-state index is 0.139. The molecule has 1 unspecified atom stereocenters. The number of hydrogen-bond acceptors (Lipinski definition) is 1. The van der Waals surface area contributed by atoms with Crippen LogP contribution in [0.4, 0.5) is 0 Å². The van der Waals surface area contributed by atoms with Crippen LogP contribution in [0.5, 0.6) is 0 Å². The van der Waals surface area contributed by atoms with Crippen LogP contribution in [0.25, 0.3) is 0 Å². The van der Waals surface area contributed by atoms with Crippen molar-refractivity contribution in [3.05, 3.63) is 0 Å². The van der Waals surface area contributed by atoms with Crippen LogP contribution >= 0.6 is 11.6 Å². The molecule has 0 saturated heterocycles. The molecule has 0 rings (SSSR count). The zero-order valence-electron chi connectivity index (χ0n) is 7.56. The maximum atomic E-state index is 5.96. The minimum absolute atomic E-state index is 0.139. The summed E-state index contributed by atoms with van der Waals surface area (Å²) < 4.78 is 0. The van der Waals surface area contributed by atoms with Gasteiger partial charge in [0, 0.05) is 12.1 Å². The molecule has 0 radical (unpaired) electrons. The van der Waals surface area contributed by atoms with Gasteiger partial charge in [0.1, 0.15) is 0 Å². The fourth-order valence-electron chi connectivity index (χ4n) is 1.42. The van der Waals surface area contributed by atoms with Gasteiger partial charge in [-0.05, 0) is 34.6 Å². The van der Waals surface area contributed by atoms with Gasteiger partial charge in [0.15, 0.2) is 0 Å². The van der Waals surface area contributed by atoms with Crippen LogP contribution in [0.1, 0.15) is 34.6 Å². The van der Waals surface area contributed by atoms with Crippen molar-refractivity contribution < 1.29 is 0 Å². The molecule has 0 aliphatic carbocycles. The SMILES string of the molecule is CC(C)N(C(C)C)C(C)Cl. The van der Waals surface area contributed by atoms with E-state index in [9.17, 15) is 0 Å². The summed E-state index contributed by atoms with van der Waals surface area (Å²) in [6.45, 7) is 10.7. The predicted octanol–water partition coefficient (Wildman–Crippen LogP) is 2.69. The Labute approximate surface area is 69.4 Å². The van der Waals surface area contributed by atoms with Gasteiger partial charge in [0.2, 0.25) is 0 Å². The standard InChI is InChI=1S/C8H18ClN/c1-6(2)10(7(3)4)8(5)9/h6-8H,1-5H3. The van der Waals surface area contributed by atoms with Gasteiger partial charge in [0.25, 0.3) is 0 Å². The summed E-state index contributed by atoms with van der Waals surface area (Å²) >= 11 is 5.96. The normalized spacial score (nSPS) is 15.3. The van der Waals surface area contributed by atoms with Crippen LogP contribution in [0.15, 0.2) is 0 Å². The largest absolute Gasteiger partial charge is 0.283 e. The van der Waals surface area contributed by atoms with E-state index in [2.05, 4.69) is 32.6 Å². The van der Waals surface area contributed by atoms with Gasteiger partial charge in [0.05, 0.1) is 5.50 Å². The number of hydrogen-bond donors (Lipinski definition) is 0. The molecular formula is C8H18ClN. The number of alkyl halides is 1. The average molecular weight is 164 g/mol. The molecule has 0 fully saturated rings. The lowest BCUT2D eigenvalue weighted by Crippen LogP contribution is -2.40. The Morgan fingerprint density at radius 2 is 1.20 bits per heavy atom. The fourth-order valence-corrected chi connectivity index (χ4v) is 1.87. The van der Waals surface area contributed by atoms with Crippen LogP contribution in [-0.4, -0.2) is 22.5 Å². The highest BCUT2D eigenvalue weighted by molar-refractivity contribution is 6.20. The molecule has 0 bridgehead atoms. The van der Waals surface area contributed by atoms with Crippen molar-refractivity contribution in [3.63, 3.8) is 0 Å². The van der Waals surface area contributed by atoms with E-state index in [1.54, 1.807) is 0 Å². The van der Waals surface area contributed by atoms with Gasteiger partial charge in [-0.1, -0.05) is 0 Å². The maximum absolute atomic E-state index is 5.96. The molecule has 0 amide bonds. The summed E-state index contributed by atoms with van der Waals surface area (Å²) in [5.74, 6) is 0. The summed E-state index contributed by atoms with van der Waals surface area (Å²) in [5.41, 5.74) is 0.139. The van der Waals surface area contributed by atoms with Crippen molar-refractivity contribution >= 4 is 11.6 Å². The smallest absolute Gasteiger partial charge is 0.0826 e. The summed E-state index contributed by atoms with van der Waals surface area (Å²) in [4.78, 5) is 2.27. The van der Waals surface area contributed by atoms with Crippen molar-refractivity contribution in [1.82, 2.24) is 4.90 Å². The highest BCUT2D eigenvalue weighted by atomic mass is 35.5. The molecule has 0 aromatic heterocycles. The van der Waals surface area contributed by atoms with Gasteiger partial charge >= 0.3 is 0 Å². The summed E-state index contributed by atoms with van der Waals surface area (Å²) in [7, 11) is 0. The maximum Gasteiger partial charge on any atom is 0.0826 e. The van der Waals surface area contributed by atoms with Crippen molar-refractivity contribution in [1.29, 1.82) is 0 Å². The molecule has 2 heteroatoms. The van der Waals surface area contributed by atoms with Crippen LogP contribution in [0.2, 0.25) is 0 Å². The Balaban J connectivity index is 3.98. The van der Waals surface area contributed by atoms with E-state index in [1.165, 1.54) is 0 Å². The van der Waals surface area contributed by atoms with Crippen LogP contribution in [0, 0.1) is 0 Å². The Morgan fingerprint density at radius 1 is 0.900 bits per heavy atom. The summed E-state index contributed by atoms with van der Waals surface area (Å²) in [6.07, 6.45) is 0. The minimum Gasteiger partial charge on any atom is -0.283 e. The molecular weight excluding hydrogens is 146 g/mol. The molecule has 0 spiro atoms. The van der Waals surface area contributed by atoms with E-state index in [1.807, 2.05) is 6.92 Å². The third-order valence-corrected chi connectivity index (χ3v) is 1.83. The monoisotopic (exact) mass is 163 g/mol. The molecule has 0 aromatic rings. The van der Waals surface area contributed by atoms with Crippen LogP contribution < -0.4 is 0 Å². The second kappa shape index (κ2) is 4.20. The first-order valence-corrected chi connectivity index (χ1v) is 4.32. The van der Waals surface area contributed by atoms with Gasteiger partial charge in [-0.25, -0.2) is 0 Å². The van der Waals surface area contributed by atoms with E-state index in [0.29, 0.717) is 12.1 Å². The second-order valence-electron chi connectivity index (χ2n) is 3.21. The van der Waals surface area contributed by atoms with E-state index in [4.69, 9.17) is 11.6 Å². The first-order chi connectivity index (χ1) is 4.46. The van der Waals surface area contributed by atoms with Crippen molar-refractivity contribution in [2.45, 2.75) is 52.2 Å². The predicted molar refractivity (Wildman–Crippen MR) is 47.4 cm³/mol. The molecule has 10 heavy (non-hydrogen) atoms. The molecule has 0 aromatic carbocycles. The van der Waals surface area contributed by atoms with Gasteiger partial charge < -0.3 is 0 Å². The van der Waals surface area contributed by atoms with E-state index in [0.717, 1.165) is 0 Å². The van der Waals surface area contributed by atoms with Crippen molar-refractivity contribution in [2.24, 2.45) is 0 Å². The summed E-state index contributed by atoms with van der Waals surface area (Å²) in [5, 5.41) is 0. The quantitative estimate of drug-likeness (QED) is 0.457. The molecule has 0 aliphatic heterocycles. The van der Waals surface area contributed by atoms with Crippen LogP contribution in [0.3, 0.4) is 0 Å². The van der Waals surface area contributed by atoms with Crippen molar-refractivity contribution in [3.8, 4) is 0 Å². The van der Waals surface area contributed by atoms with Gasteiger partial charge in [-0.2, -0.15) is 0 Å².